The summed E-state index contributed by atoms with van der Waals surface area (Å²) in [4.78, 5) is 62.5. The third-order valence-corrected chi connectivity index (χ3v) is 15.5. The van der Waals surface area contributed by atoms with Crippen molar-refractivity contribution in [2.75, 3.05) is 20.3 Å². The number of methoxy groups -OCH3 is 1. The minimum absolute atomic E-state index is 0.00966. The Bertz CT molecular complexity index is 2300. The van der Waals surface area contributed by atoms with Crippen LogP contribution in [0.3, 0.4) is 0 Å². The molecule has 7 atom stereocenters. The molecule has 2 saturated carbocycles. The molecule has 5 aliphatic rings. The van der Waals surface area contributed by atoms with E-state index in [9.17, 15) is 41.1 Å². The highest BCUT2D eigenvalue weighted by atomic mass is 32.2. The number of hydrogen-bond acceptors (Lipinski definition) is 10. The van der Waals surface area contributed by atoms with Crippen LogP contribution in [0.4, 0.5) is 22.4 Å². The van der Waals surface area contributed by atoms with Crippen molar-refractivity contribution in [1.29, 1.82) is 0 Å². The molecule has 2 aromatic rings. The molecule has 0 radical (unpaired) electrons. The molecule has 1 saturated heterocycles. The molecule has 62 heavy (non-hydrogen) atoms. The average Bonchev–Trinajstić information content (AvgIpc) is 4.07. The molecule has 4 amide bonds. The number of nitrogens with one attached hydrogen (secondary N) is 2. The minimum Gasteiger partial charge on any atom is -0.494 e. The number of rotatable bonds is 8. The number of amides is 4. The van der Waals surface area contributed by atoms with Gasteiger partial charge in [-0.25, -0.2) is 17.6 Å². The van der Waals surface area contributed by atoms with Gasteiger partial charge in [0, 0.05) is 23.3 Å². The van der Waals surface area contributed by atoms with Crippen molar-refractivity contribution in [3.05, 3.63) is 35.7 Å². The largest absolute Gasteiger partial charge is 0.494 e. The molecule has 2 aliphatic carbocycles. The number of allylic oxidation sites excluding steroid dienone is 1. The number of carboxylic acid groups (broad SMARTS) is 1. The average molecular weight is 896 g/mol. The first-order chi connectivity index (χ1) is 28.9. The van der Waals surface area contributed by atoms with Crippen LogP contribution >= 0.6 is 0 Å². The molecule has 4 heterocycles. The molecule has 3 aliphatic heterocycles. The van der Waals surface area contributed by atoms with Gasteiger partial charge in [0.2, 0.25) is 33.6 Å². The fraction of sp³-hybridized carbons (Fsp3) is 0.643. The molecule has 0 bridgehead atoms. The SMILES string of the molecule is COc1cc2c3c(nc(O[C@@H]4C[C@H]5C(=O)N[C@]6(C(=O)NS(=O)(=O)C7(C)CC7)C[C@H]6C=CCC[C@@H](C)C[C@@H](C)[C@H](N(C(=O)O)C(C)(C)C(F)(F)F)C(=O)N5C4)c2cc1F)OCCC3. The molecule has 3 fully saturated rings. The third-order valence-electron chi connectivity index (χ3n) is 13.4. The standard InChI is InChI=1S/C42H53F4N5O10S/c1-22-10-7-8-11-24-20-41(24,37(54)49-62(57,58)40(5)13-14-40)48-33(52)30-17-25(21-50(30)36(53)32(23(2)16-22)51(38(55)56)39(3,4)42(44,45)46)61-35-28-18-29(43)31(59-6)19-27(28)26-12-9-15-60-34(26)47-35/h8,11,18-19,22-25,30,32H,7,9-10,12-17,20-21H2,1-6H3,(H,48,52)(H,49,54)(H,55,56)/t22-,23-,24-,25-,30+,32+,41-/m1/s1. The molecule has 1 aromatic carbocycles. The van der Waals surface area contributed by atoms with Crippen LogP contribution in [0, 0.1) is 23.6 Å². The number of nitrogens with zero attached hydrogens (tertiary/aromatic N) is 3. The Morgan fingerprint density at radius 3 is 2.48 bits per heavy atom. The number of benzene rings is 1. The molecule has 15 nitrogen and oxygen atoms in total. The van der Waals surface area contributed by atoms with Gasteiger partial charge in [-0.1, -0.05) is 26.0 Å². The van der Waals surface area contributed by atoms with Crippen LogP contribution in [0.5, 0.6) is 17.5 Å². The van der Waals surface area contributed by atoms with Crippen LogP contribution in [0.1, 0.15) is 91.5 Å². The number of hydrogen-bond donors (Lipinski definition) is 3. The van der Waals surface area contributed by atoms with E-state index in [1.54, 1.807) is 12.2 Å². The number of halogens is 4. The van der Waals surface area contributed by atoms with Gasteiger partial charge < -0.3 is 29.5 Å². The molecular weight excluding hydrogens is 843 g/mol. The fourth-order valence-corrected chi connectivity index (χ4v) is 10.4. The van der Waals surface area contributed by atoms with Crippen LogP contribution in [-0.2, 0) is 30.8 Å². The van der Waals surface area contributed by atoms with Gasteiger partial charge in [0.25, 0.3) is 5.91 Å². The summed E-state index contributed by atoms with van der Waals surface area (Å²) >= 11 is 0. The second kappa shape index (κ2) is 16.0. The van der Waals surface area contributed by atoms with E-state index >= 15 is 9.18 Å². The Morgan fingerprint density at radius 1 is 1.13 bits per heavy atom. The second-order valence-electron chi connectivity index (χ2n) is 18.3. The summed E-state index contributed by atoms with van der Waals surface area (Å²) in [6.07, 6.45) is -2.23. The smallest absolute Gasteiger partial charge is 0.411 e. The van der Waals surface area contributed by atoms with E-state index in [4.69, 9.17) is 14.2 Å². The van der Waals surface area contributed by atoms with Crippen LogP contribution < -0.4 is 24.2 Å². The predicted octanol–water partition coefficient (Wildman–Crippen LogP) is 5.63. The van der Waals surface area contributed by atoms with Crippen molar-refractivity contribution in [1.82, 2.24) is 24.8 Å². The van der Waals surface area contributed by atoms with Crippen molar-refractivity contribution in [2.45, 2.75) is 133 Å². The number of sulfonamides is 1. The molecule has 20 heteroatoms. The molecule has 340 valence electrons. The minimum atomic E-state index is -5.13. The highest BCUT2D eigenvalue weighted by Crippen LogP contribution is 2.48. The lowest BCUT2D eigenvalue weighted by molar-refractivity contribution is -0.222. The van der Waals surface area contributed by atoms with Crippen LogP contribution in [0.15, 0.2) is 24.3 Å². The zero-order valence-corrected chi connectivity index (χ0v) is 36.3. The van der Waals surface area contributed by atoms with Gasteiger partial charge >= 0.3 is 12.3 Å². The van der Waals surface area contributed by atoms with E-state index in [-0.39, 0.29) is 53.0 Å². The highest BCUT2D eigenvalue weighted by molar-refractivity contribution is 7.91. The van der Waals surface area contributed by atoms with Crippen LogP contribution in [-0.4, -0.2) is 113 Å². The van der Waals surface area contributed by atoms with Crippen molar-refractivity contribution in [3.8, 4) is 17.5 Å². The zero-order chi connectivity index (χ0) is 45.3. The second-order valence-corrected chi connectivity index (χ2v) is 20.5. The lowest BCUT2D eigenvalue weighted by Crippen LogP contribution is -2.66. The Morgan fingerprint density at radius 2 is 1.84 bits per heavy atom. The first-order valence-electron chi connectivity index (χ1n) is 20.9. The maximum absolute atomic E-state index is 15.3. The summed E-state index contributed by atoms with van der Waals surface area (Å²) in [6.45, 7) is 6.02. The van der Waals surface area contributed by atoms with Crippen molar-refractivity contribution in [2.24, 2.45) is 17.8 Å². The normalized spacial score (nSPS) is 28.8. The van der Waals surface area contributed by atoms with E-state index in [1.807, 2.05) is 6.92 Å². The van der Waals surface area contributed by atoms with E-state index < -0.39 is 98.2 Å². The summed E-state index contributed by atoms with van der Waals surface area (Å²) in [5.74, 6) is -5.63. The quantitative estimate of drug-likeness (QED) is 0.220. The summed E-state index contributed by atoms with van der Waals surface area (Å²) in [5, 5.41) is 13.9. The first kappa shape index (κ1) is 45.2. The fourth-order valence-electron chi connectivity index (χ4n) is 9.08. The Balaban J connectivity index is 1.32. The maximum atomic E-state index is 15.3. The topological polar surface area (TPSA) is 194 Å². The number of carbonyl (C=O) groups excluding carboxylic acids is 3. The van der Waals surface area contributed by atoms with E-state index in [0.717, 1.165) is 4.90 Å². The van der Waals surface area contributed by atoms with E-state index in [2.05, 4.69) is 15.0 Å². The van der Waals surface area contributed by atoms with Gasteiger partial charge in [-0.3, -0.25) is 24.0 Å². The molecule has 3 N–H and O–H groups in total. The number of pyridine rings is 1. The van der Waals surface area contributed by atoms with Crippen LogP contribution in [0.2, 0.25) is 0 Å². The number of ether oxygens (including phenoxy) is 3. The first-order valence-corrected chi connectivity index (χ1v) is 22.4. The Kier molecular flexibility index (Phi) is 11.7. The number of carbonyl (C=O) groups is 4. The van der Waals surface area contributed by atoms with Crippen molar-refractivity contribution < 1.29 is 64.5 Å². The summed E-state index contributed by atoms with van der Waals surface area (Å²) in [7, 11) is -2.85. The highest BCUT2D eigenvalue weighted by Gasteiger charge is 2.64. The Hall–Kier alpha value is -4.88. The van der Waals surface area contributed by atoms with Gasteiger partial charge in [-0.05, 0) is 101 Å². The third kappa shape index (κ3) is 8.11. The van der Waals surface area contributed by atoms with Gasteiger partial charge in [-0.2, -0.15) is 18.2 Å². The summed E-state index contributed by atoms with van der Waals surface area (Å²) in [6, 6.07) is -0.889. The number of alkyl halides is 3. The zero-order valence-electron chi connectivity index (χ0n) is 35.4. The monoisotopic (exact) mass is 895 g/mol. The number of fused-ring (bicyclic) bond motifs is 5. The van der Waals surface area contributed by atoms with Gasteiger partial charge in [-0.15, -0.1) is 0 Å². The van der Waals surface area contributed by atoms with E-state index in [1.165, 1.54) is 33.1 Å². The number of aromatic nitrogens is 1. The van der Waals surface area contributed by atoms with E-state index in [0.29, 0.717) is 69.9 Å². The summed E-state index contributed by atoms with van der Waals surface area (Å²) in [5.41, 5.74) is -4.18. The molecule has 1 aromatic heterocycles. The lowest BCUT2D eigenvalue weighted by atomic mass is 9.85. The summed E-state index contributed by atoms with van der Waals surface area (Å²) < 4.78 is 105. The lowest BCUT2D eigenvalue weighted by Gasteiger charge is -2.45. The molecule has 7 rings (SSSR count). The Labute approximate surface area is 356 Å². The molecular formula is C42H53F4N5O10S. The van der Waals surface area contributed by atoms with Gasteiger partial charge in [0.1, 0.15) is 29.3 Å². The van der Waals surface area contributed by atoms with Crippen LogP contribution in [0.25, 0.3) is 10.8 Å². The number of aryl methyl sites for hydroxylation is 1. The maximum Gasteiger partial charge on any atom is 0.411 e. The predicted molar refractivity (Wildman–Crippen MR) is 215 cm³/mol. The van der Waals surface area contributed by atoms with Gasteiger partial charge in [0.05, 0.1) is 25.0 Å². The molecule has 0 spiro atoms. The van der Waals surface area contributed by atoms with Crippen molar-refractivity contribution in [3.63, 3.8) is 0 Å². The van der Waals surface area contributed by atoms with Gasteiger partial charge in [0.15, 0.2) is 11.6 Å². The molecule has 0 unspecified atom stereocenters. The van der Waals surface area contributed by atoms with Crippen molar-refractivity contribution >= 4 is 44.6 Å².